The zero-order valence-electron chi connectivity index (χ0n) is 15.3. The molecule has 0 saturated carbocycles. The Kier molecular flexibility index (Phi) is 5.16. The monoisotopic (exact) mass is 378 g/mol. The summed E-state index contributed by atoms with van der Waals surface area (Å²) in [5.41, 5.74) is 3.15. The number of aryl methyl sites for hydroxylation is 2. The molecule has 138 valence electrons. The maximum absolute atomic E-state index is 12.1. The molecule has 27 heavy (non-hydrogen) atoms. The Bertz CT molecular complexity index is 1050. The van der Waals surface area contributed by atoms with E-state index in [4.69, 9.17) is 0 Å². The Labute approximate surface area is 162 Å². The molecule has 0 atom stereocenters. The first-order valence-electron chi connectivity index (χ1n) is 9.24. The van der Waals surface area contributed by atoms with Gasteiger partial charge in [0.1, 0.15) is 5.82 Å². The van der Waals surface area contributed by atoms with Gasteiger partial charge < -0.3 is 9.88 Å². The lowest BCUT2D eigenvalue weighted by Gasteiger charge is -2.08. The molecular weight excluding hydrogens is 356 g/mol. The van der Waals surface area contributed by atoms with Crippen LogP contribution >= 0.6 is 11.3 Å². The normalized spacial score (nSPS) is 11.3. The van der Waals surface area contributed by atoms with Gasteiger partial charge in [-0.05, 0) is 44.0 Å². The van der Waals surface area contributed by atoms with E-state index in [0.29, 0.717) is 13.0 Å². The van der Waals surface area contributed by atoms with E-state index < -0.39 is 0 Å². The maximum Gasteiger partial charge on any atom is 0.220 e. The molecule has 2 aromatic heterocycles. The number of fused-ring (bicyclic) bond motifs is 2. The van der Waals surface area contributed by atoms with Crippen LogP contribution in [-0.4, -0.2) is 27.0 Å². The minimum Gasteiger partial charge on any atom is -0.354 e. The standard InChI is InChI=1S/C21H22N4OS/c1-15-23-16-7-2-4-9-18(16)25(15)14-13-22-20(26)11-6-12-21-24-17-8-3-5-10-19(17)27-21/h2-5,7-10H,6,11-14H2,1H3,(H,22,26). The van der Waals surface area contributed by atoms with Gasteiger partial charge in [0.25, 0.3) is 0 Å². The summed E-state index contributed by atoms with van der Waals surface area (Å²) >= 11 is 1.71. The number of imidazole rings is 1. The summed E-state index contributed by atoms with van der Waals surface area (Å²) < 4.78 is 3.36. The van der Waals surface area contributed by atoms with Crippen LogP contribution in [0.25, 0.3) is 21.3 Å². The van der Waals surface area contributed by atoms with Gasteiger partial charge >= 0.3 is 0 Å². The van der Waals surface area contributed by atoms with E-state index in [2.05, 4.69) is 32.0 Å². The van der Waals surface area contributed by atoms with Crippen molar-refractivity contribution in [3.05, 3.63) is 59.4 Å². The summed E-state index contributed by atoms with van der Waals surface area (Å²) in [5.74, 6) is 1.07. The Morgan fingerprint density at radius 1 is 1.07 bits per heavy atom. The number of carbonyl (C=O) groups excluding carboxylic acids is 1. The maximum atomic E-state index is 12.1. The van der Waals surface area contributed by atoms with Gasteiger partial charge in [0, 0.05) is 19.5 Å². The zero-order chi connectivity index (χ0) is 18.6. The summed E-state index contributed by atoms with van der Waals surface area (Å²) in [4.78, 5) is 21.3. The fourth-order valence-electron chi connectivity index (χ4n) is 3.30. The van der Waals surface area contributed by atoms with Gasteiger partial charge in [-0.3, -0.25) is 4.79 Å². The van der Waals surface area contributed by atoms with Crippen LogP contribution in [0.15, 0.2) is 48.5 Å². The molecule has 4 aromatic rings. The topological polar surface area (TPSA) is 59.8 Å². The molecular formula is C21H22N4OS. The van der Waals surface area contributed by atoms with Crippen molar-refractivity contribution < 1.29 is 4.79 Å². The summed E-state index contributed by atoms with van der Waals surface area (Å²) in [6.45, 7) is 3.34. The summed E-state index contributed by atoms with van der Waals surface area (Å²) in [6.07, 6.45) is 2.19. The van der Waals surface area contributed by atoms with Crippen molar-refractivity contribution in [3.8, 4) is 0 Å². The van der Waals surface area contributed by atoms with Crippen molar-refractivity contribution in [2.45, 2.75) is 32.7 Å². The van der Waals surface area contributed by atoms with Gasteiger partial charge in [0.05, 0.1) is 26.3 Å². The first-order valence-corrected chi connectivity index (χ1v) is 10.1. The highest BCUT2D eigenvalue weighted by atomic mass is 32.1. The molecule has 2 heterocycles. The largest absolute Gasteiger partial charge is 0.354 e. The van der Waals surface area contributed by atoms with Gasteiger partial charge in [-0.25, -0.2) is 9.97 Å². The molecule has 0 radical (unpaired) electrons. The first-order chi connectivity index (χ1) is 13.2. The van der Waals surface area contributed by atoms with Crippen molar-refractivity contribution in [3.63, 3.8) is 0 Å². The molecule has 5 nitrogen and oxygen atoms in total. The molecule has 4 rings (SSSR count). The van der Waals surface area contributed by atoms with Crippen molar-refractivity contribution in [2.75, 3.05) is 6.54 Å². The Balaban J connectivity index is 1.24. The number of thiazole rings is 1. The second-order valence-electron chi connectivity index (χ2n) is 6.58. The van der Waals surface area contributed by atoms with Gasteiger partial charge in [0.15, 0.2) is 0 Å². The van der Waals surface area contributed by atoms with E-state index in [9.17, 15) is 4.79 Å². The molecule has 0 aliphatic heterocycles. The average Bonchev–Trinajstić information content (AvgIpc) is 3.22. The second-order valence-corrected chi connectivity index (χ2v) is 7.69. The number of hydrogen-bond acceptors (Lipinski definition) is 4. The summed E-state index contributed by atoms with van der Waals surface area (Å²) in [5, 5.41) is 4.12. The molecule has 0 bridgehead atoms. The van der Waals surface area contributed by atoms with Crippen LogP contribution in [0.4, 0.5) is 0 Å². The predicted molar refractivity (Wildman–Crippen MR) is 110 cm³/mol. The van der Waals surface area contributed by atoms with Crippen LogP contribution in [0.5, 0.6) is 0 Å². The number of nitrogens with zero attached hydrogens (tertiary/aromatic N) is 3. The fraction of sp³-hybridized carbons (Fsp3) is 0.286. The van der Waals surface area contributed by atoms with Crippen molar-refractivity contribution in [1.82, 2.24) is 19.9 Å². The first kappa shape index (κ1) is 17.7. The molecule has 0 aliphatic carbocycles. The number of benzene rings is 2. The van der Waals surface area contributed by atoms with Gasteiger partial charge in [-0.15, -0.1) is 11.3 Å². The minimum absolute atomic E-state index is 0.0955. The lowest BCUT2D eigenvalue weighted by atomic mass is 10.2. The molecule has 0 fully saturated rings. The third kappa shape index (κ3) is 4.01. The van der Waals surface area contributed by atoms with E-state index in [1.807, 2.05) is 43.3 Å². The third-order valence-corrected chi connectivity index (χ3v) is 5.73. The van der Waals surface area contributed by atoms with Crippen LogP contribution in [0, 0.1) is 6.92 Å². The number of hydrogen-bond donors (Lipinski definition) is 1. The minimum atomic E-state index is 0.0955. The SMILES string of the molecule is Cc1nc2ccccc2n1CCNC(=O)CCCc1nc2ccccc2s1. The predicted octanol–water partition coefficient (Wildman–Crippen LogP) is 4.09. The molecule has 1 amide bonds. The Morgan fingerprint density at radius 2 is 1.85 bits per heavy atom. The quantitative estimate of drug-likeness (QED) is 0.527. The number of amides is 1. The van der Waals surface area contributed by atoms with Gasteiger partial charge in [-0.2, -0.15) is 0 Å². The van der Waals surface area contributed by atoms with E-state index in [0.717, 1.165) is 46.8 Å². The van der Waals surface area contributed by atoms with Gasteiger partial charge in [0.2, 0.25) is 5.91 Å². The van der Waals surface area contributed by atoms with E-state index in [1.165, 1.54) is 4.70 Å². The fourth-order valence-corrected chi connectivity index (χ4v) is 4.31. The third-order valence-electron chi connectivity index (χ3n) is 4.64. The number of nitrogens with one attached hydrogen (secondary N) is 1. The average molecular weight is 379 g/mol. The lowest BCUT2D eigenvalue weighted by Crippen LogP contribution is -2.27. The number of carbonyl (C=O) groups is 1. The number of para-hydroxylation sites is 3. The molecule has 1 N–H and O–H groups in total. The number of aromatic nitrogens is 3. The highest BCUT2D eigenvalue weighted by molar-refractivity contribution is 7.18. The smallest absolute Gasteiger partial charge is 0.220 e. The highest BCUT2D eigenvalue weighted by Gasteiger charge is 2.08. The Morgan fingerprint density at radius 3 is 2.70 bits per heavy atom. The van der Waals surface area contributed by atoms with E-state index in [-0.39, 0.29) is 5.91 Å². The number of rotatable bonds is 7. The van der Waals surface area contributed by atoms with E-state index >= 15 is 0 Å². The van der Waals surface area contributed by atoms with Gasteiger partial charge in [-0.1, -0.05) is 24.3 Å². The van der Waals surface area contributed by atoms with Crippen molar-refractivity contribution >= 4 is 38.5 Å². The highest BCUT2D eigenvalue weighted by Crippen LogP contribution is 2.22. The van der Waals surface area contributed by atoms with Crippen LogP contribution in [0.3, 0.4) is 0 Å². The summed E-state index contributed by atoms with van der Waals surface area (Å²) in [7, 11) is 0. The molecule has 0 aliphatic rings. The molecule has 0 unspecified atom stereocenters. The summed E-state index contributed by atoms with van der Waals surface area (Å²) in [6, 6.07) is 16.2. The molecule has 0 spiro atoms. The van der Waals surface area contributed by atoms with E-state index in [1.54, 1.807) is 11.3 Å². The van der Waals surface area contributed by atoms with Crippen molar-refractivity contribution in [2.24, 2.45) is 0 Å². The lowest BCUT2D eigenvalue weighted by molar-refractivity contribution is -0.121. The Hall–Kier alpha value is -2.73. The van der Waals surface area contributed by atoms with Crippen LogP contribution < -0.4 is 5.32 Å². The molecule has 6 heteroatoms. The zero-order valence-corrected chi connectivity index (χ0v) is 16.1. The van der Waals surface area contributed by atoms with Crippen LogP contribution in [0.1, 0.15) is 23.7 Å². The van der Waals surface area contributed by atoms with Crippen molar-refractivity contribution in [1.29, 1.82) is 0 Å². The molecule has 2 aromatic carbocycles. The molecule has 0 saturated heterocycles. The van der Waals surface area contributed by atoms with Crippen LogP contribution in [0.2, 0.25) is 0 Å². The second kappa shape index (κ2) is 7.88. The van der Waals surface area contributed by atoms with Crippen LogP contribution in [-0.2, 0) is 17.8 Å².